The summed E-state index contributed by atoms with van der Waals surface area (Å²) in [5, 5.41) is 3.75. The predicted octanol–water partition coefficient (Wildman–Crippen LogP) is 1.54. The first-order valence-electron chi connectivity index (χ1n) is 7.81. The first kappa shape index (κ1) is 13.4. The third kappa shape index (κ3) is 3.48. The molecule has 2 aliphatic carbocycles. The molecule has 2 saturated carbocycles. The summed E-state index contributed by atoms with van der Waals surface area (Å²) in [6, 6.07) is 2.12. The highest BCUT2D eigenvalue weighted by atomic mass is 16.5. The second-order valence-corrected chi connectivity index (χ2v) is 6.56. The molecule has 0 aromatic rings. The fourth-order valence-electron chi connectivity index (χ4n) is 3.46. The van der Waals surface area contributed by atoms with Crippen LogP contribution in [0.25, 0.3) is 0 Å². The van der Waals surface area contributed by atoms with Gasteiger partial charge in [0, 0.05) is 37.6 Å². The molecule has 0 bridgehead atoms. The normalized spacial score (nSPS) is 32.9. The molecule has 0 aromatic heterocycles. The van der Waals surface area contributed by atoms with Crippen molar-refractivity contribution in [1.82, 2.24) is 10.2 Å². The van der Waals surface area contributed by atoms with E-state index in [4.69, 9.17) is 4.74 Å². The minimum Gasteiger partial charge on any atom is -0.469 e. The van der Waals surface area contributed by atoms with Gasteiger partial charge in [0.25, 0.3) is 0 Å². The van der Waals surface area contributed by atoms with Gasteiger partial charge in [0.1, 0.15) is 0 Å². The molecular weight excluding hydrogens is 240 g/mol. The van der Waals surface area contributed by atoms with Crippen LogP contribution in [0.5, 0.6) is 0 Å². The van der Waals surface area contributed by atoms with E-state index >= 15 is 0 Å². The molecule has 1 N–H and O–H groups in total. The number of carbonyl (C=O) groups is 1. The number of likely N-dealkylation sites (tertiary alicyclic amines) is 1. The predicted molar refractivity (Wildman–Crippen MR) is 73.9 cm³/mol. The zero-order valence-corrected chi connectivity index (χ0v) is 11.9. The van der Waals surface area contributed by atoms with Crippen LogP contribution < -0.4 is 5.32 Å². The summed E-state index contributed by atoms with van der Waals surface area (Å²) in [6.07, 6.45) is 8.46. The molecular formula is C15H26N2O2. The summed E-state index contributed by atoms with van der Waals surface area (Å²) >= 11 is 0. The lowest BCUT2D eigenvalue weighted by atomic mass is 9.85. The fraction of sp³-hybridized carbons (Fsp3) is 0.933. The highest BCUT2D eigenvalue weighted by molar-refractivity contribution is 5.69. The van der Waals surface area contributed by atoms with E-state index in [0.717, 1.165) is 25.0 Å². The van der Waals surface area contributed by atoms with Crippen molar-refractivity contribution in [2.45, 2.75) is 63.1 Å². The minimum absolute atomic E-state index is 0.0503. The lowest BCUT2D eigenvalue weighted by Gasteiger charge is -2.45. The maximum Gasteiger partial charge on any atom is 0.305 e. The maximum absolute atomic E-state index is 11.5. The van der Waals surface area contributed by atoms with E-state index in [-0.39, 0.29) is 5.97 Å². The summed E-state index contributed by atoms with van der Waals surface area (Å²) in [5.41, 5.74) is 0. The average molecular weight is 266 g/mol. The molecule has 0 amide bonds. The van der Waals surface area contributed by atoms with E-state index < -0.39 is 0 Å². The largest absolute Gasteiger partial charge is 0.469 e. The lowest BCUT2D eigenvalue weighted by molar-refractivity contribution is -0.142. The summed E-state index contributed by atoms with van der Waals surface area (Å²) in [6.45, 7) is 2.27. The van der Waals surface area contributed by atoms with E-state index in [0.29, 0.717) is 18.4 Å². The Bertz CT molecular complexity index is 326. The molecule has 108 valence electrons. The van der Waals surface area contributed by atoms with E-state index in [1.165, 1.54) is 45.8 Å². The van der Waals surface area contributed by atoms with Gasteiger partial charge in [-0.05, 0) is 38.0 Å². The molecule has 1 aliphatic heterocycles. The molecule has 3 aliphatic rings. The van der Waals surface area contributed by atoms with E-state index in [1.54, 1.807) is 0 Å². The summed E-state index contributed by atoms with van der Waals surface area (Å²) in [5.74, 6) is 0.420. The van der Waals surface area contributed by atoms with Gasteiger partial charge < -0.3 is 10.1 Å². The molecule has 1 heterocycles. The quantitative estimate of drug-likeness (QED) is 0.767. The van der Waals surface area contributed by atoms with Gasteiger partial charge in [0.05, 0.1) is 7.11 Å². The highest BCUT2D eigenvalue weighted by Crippen LogP contribution is 2.31. The number of piperidine rings is 1. The smallest absolute Gasteiger partial charge is 0.305 e. The molecule has 2 unspecified atom stereocenters. The summed E-state index contributed by atoms with van der Waals surface area (Å²) < 4.78 is 4.84. The number of methoxy groups -OCH3 is 1. The summed E-state index contributed by atoms with van der Waals surface area (Å²) in [7, 11) is 1.49. The van der Waals surface area contributed by atoms with Crippen LogP contribution in [0.3, 0.4) is 0 Å². The van der Waals surface area contributed by atoms with Gasteiger partial charge in [0.2, 0.25) is 0 Å². The van der Waals surface area contributed by atoms with Crippen molar-refractivity contribution in [1.29, 1.82) is 0 Å². The molecule has 2 atom stereocenters. The molecule has 4 nitrogen and oxygen atoms in total. The second-order valence-electron chi connectivity index (χ2n) is 6.56. The van der Waals surface area contributed by atoms with Crippen molar-refractivity contribution in [3.63, 3.8) is 0 Å². The zero-order valence-electron chi connectivity index (χ0n) is 11.9. The average Bonchev–Trinajstić information content (AvgIpc) is 3.10. The van der Waals surface area contributed by atoms with Crippen molar-refractivity contribution < 1.29 is 9.53 Å². The Hall–Kier alpha value is -0.610. The first-order chi connectivity index (χ1) is 9.24. The van der Waals surface area contributed by atoms with Gasteiger partial charge in [-0.3, -0.25) is 9.69 Å². The SMILES string of the molecule is COC(=O)CC1CC(NC2CC2)CN(C2CCC2)C1. The van der Waals surface area contributed by atoms with Crippen LogP contribution >= 0.6 is 0 Å². The Morgan fingerprint density at radius 2 is 2.00 bits per heavy atom. The maximum atomic E-state index is 11.5. The number of hydrogen-bond acceptors (Lipinski definition) is 4. The first-order valence-corrected chi connectivity index (χ1v) is 7.81. The van der Waals surface area contributed by atoms with Gasteiger partial charge in [0.15, 0.2) is 0 Å². The van der Waals surface area contributed by atoms with Crippen LogP contribution in [-0.2, 0) is 9.53 Å². The number of ether oxygens (including phenoxy) is 1. The monoisotopic (exact) mass is 266 g/mol. The van der Waals surface area contributed by atoms with Crippen LogP contribution in [0.1, 0.15) is 44.9 Å². The number of esters is 1. The Labute approximate surface area is 115 Å². The van der Waals surface area contributed by atoms with E-state index in [1.807, 2.05) is 0 Å². The standard InChI is InChI=1S/C15H26N2O2/c1-19-15(18)8-11-7-13(16-12-5-6-12)10-17(9-11)14-3-2-4-14/h11-14,16H,2-10H2,1H3. The van der Waals surface area contributed by atoms with Crippen molar-refractivity contribution in [3.8, 4) is 0 Å². The van der Waals surface area contributed by atoms with Crippen LogP contribution in [-0.4, -0.2) is 49.2 Å². The molecule has 19 heavy (non-hydrogen) atoms. The molecule has 3 fully saturated rings. The van der Waals surface area contributed by atoms with Crippen LogP contribution in [0.2, 0.25) is 0 Å². The number of nitrogens with one attached hydrogen (secondary N) is 1. The molecule has 0 radical (unpaired) electrons. The number of nitrogens with zero attached hydrogens (tertiary/aromatic N) is 1. The minimum atomic E-state index is -0.0503. The number of hydrogen-bond donors (Lipinski definition) is 1. The molecule has 1 saturated heterocycles. The highest BCUT2D eigenvalue weighted by Gasteiger charge is 2.36. The van der Waals surface area contributed by atoms with Crippen LogP contribution in [0, 0.1) is 5.92 Å². The second kappa shape index (κ2) is 5.80. The van der Waals surface area contributed by atoms with Gasteiger partial charge >= 0.3 is 5.97 Å². The van der Waals surface area contributed by atoms with Crippen LogP contribution in [0.4, 0.5) is 0 Å². The van der Waals surface area contributed by atoms with E-state index in [9.17, 15) is 4.79 Å². The van der Waals surface area contributed by atoms with Gasteiger partial charge in [-0.2, -0.15) is 0 Å². The number of carbonyl (C=O) groups excluding carboxylic acids is 1. The van der Waals surface area contributed by atoms with E-state index in [2.05, 4.69) is 10.2 Å². The molecule has 4 heteroatoms. The Balaban J connectivity index is 1.57. The third-order valence-electron chi connectivity index (χ3n) is 4.89. The third-order valence-corrected chi connectivity index (χ3v) is 4.89. The van der Waals surface area contributed by atoms with Crippen molar-refractivity contribution in [3.05, 3.63) is 0 Å². The Morgan fingerprint density at radius 1 is 1.21 bits per heavy atom. The van der Waals surface area contributed by atoms with Gasteiger partial charge in [-0.25, -0.2) is 0 Å². The van der Waals surface area contributed by atoms with Crippen molar-refractivity contribution in [2.75, 3.05) is 20.2 Å². The topological polar surface area (TPSA) is 41.6 Å². The van der Waals surface area contributed by atoms with Gasteiger partial charge in [-0.1, -0.05) is 6.42 Å². The summed E-state index contributed by atoms with van der Waals surface area (Å²) in [4.78, 5) is 14.1. The van der Waals surface area contributed by atoms with Crippen molar-refractivity contribution >= 4 is 5.97 Å². The Morgan fingerprint density at radius 3 is 2.58 bits per heavy atom. The van der Waals surface area contributed by atoms with Crippen LogP contribution in [0.15, 0.2) is 0 Å². The zero-order chi connectivity index (χ0) is 13.2. The molecule has 3 rings (SSSR count). The van der Waals surface area contributed by atoms with Crippen molar-refractivity contribution in [2.24, 2.45) is 5.92 Å². The molecule has 0 spiro atoms. The molecule has 0 aromatic carbocycles. The van der Waals surface area contributed by atoms with Gasteiger partial charge in [-0.15, -0.1) is 0 Å². The lowest BCUT2D eigenvalue weighted by Crippen LogP contribution is -2.54. The fourth-order valence-corrected chi connectivity index (χ4v) is 3.46. The Kier molecular flexibility index (Phi) is 4.08. The number of rotatable bonds is 5.